The maximum atomic E-state index is 11.9. The van der Waals surface area contributed by atoms with Gasteiger partial charge >= 0.3 is 0 Å². The normalized spacial score (nSPS) is 12.3. The Kier molecular flexibility index (Phi) is 2.87. The highest BCUT2D eigenvalue weighted by Crippen LogP contribution is 2.15. The van der Waals surface area contributed by atoms with Crippen LogP contribution in [0.4, 0.5) is 0 Å². The summed E-state index contributed by atoms with van der Waals surface area (Å²) in [5, 5.41) is 0.870. The highest BCUT2D eigenvalue weighted by atomic mass is 16.2. The van der Waals surface area contributed by atoms with Crippen LogP contribution in [-0.2, 0) is 4.79 Å². The van der Waals surface area contributed by atoms with Crippen molar-refractivity contribution in [3.8, 4) is 0 Å². The van der Waals surface area contributed by atoms with Crippen molar-refractivity contribution in [3.63, 3.8) is 0 Å². The average molecular weight is 228 g/mol. The SMILES string of the molecule is CC(C(N)=O)C(=O)c1cnc2ccccc2c1. The van der Waals surface area contributed by atoms with E-state index in [1.807, 2.05) is 24.3 Å². The highest BCUT2D eigenvalue weighted by molar-refractivity contribution is 6.10. The molecule has 2 rings (SSSR count). The molecule has 1 aromatic heterocycles. The number of fused-ring (bicyclic) bond motifs is 1. The van der Waals surface area contributed by atoms with Crippen molar-refractivity contribution in [2.45, 2.75) is 6.92 Å². The number of aromatic nitrogens is 1. The molecule has 0 saturated carbocycles. The van der Waals surface area contributed by atoms with Gasteiger partial charge < -0.3 is 5.73 Å². The molecule has 1 aromatic carbocycles. The van der Waals surface area contributed by atoms with E-state index in [1.54, 1.807) is 6.07 Å². The molecule has 2 aromatic rings. The summed E-state index contributed by atoms with van der Waals surface area (Å²) in [6, 6.07) is 9.21. The lowest BCUT2D eigenvalue weighted by Crippen LogP contribution is -2.27. The summed E-state index contributed by atoms with van der Waals surface area (Å²) in [4.78, 5) is 27.0. The first-order valence-corrected chi connectivity index (χ1v) is 5.28. The lowest BCUT2D eigenvalue weighted by atomic mass is 9.99. The summed E-state index contributed by atoms with van der Waals surface area (Å²) in [5.41, 5.74) is 6.33. The maximum Gasteiger partial charge on any atom is 0.228 e. The van der Waals surface area contributed by atoms with Gasteiger partial charge in [-0.15, -0.1) is 0 Å². The number of carbonyl (C=O) groups excluding carboxylic acids is 2. The zero-order valence-corrected chi connectivity index (χ0v) is 9.38. The molecule has 0 aliphatic rings. The molecular weight excluding hydrogens is 216 g/mol. The summed E-state index contributed by atoms with van der Waals surface area (Å²) >= 11 is 0. The molecule has 17 heavy (non-hydrogen) atoms. The fourth-order valence-electron chi connectivity index (χ4n) is 1.58. The number of rotatable bonds is 3. The summed E-state index contributed by atoms with van der Waals surface area (Å²) in [5.74, 6) is -1.74. The van der Waals surface area contributed by atoms with Crippen molar-refractivity contribution in [1.82, 2.24) is 4.98 Å². The molecule has 4 heteroatoms. The van der Waals surface area contributed by atoms with E-state index in [0.717, 1.165) is 10.9 Å². The molecule has 0 aliphatic carbocycles. The molecule has 4 nitrogen and oxygen atoms in total. The molecule has 0 bridgehead atoms. The van der Waals surface area contributed by atoms with Gasteiger partial charge in [-0.1, -0.05) is 18.2 Å². The number of primary amides is 1. The fourth-order valence-corrected chi connectivity index (χ4v) is 1.58. The van der Waals surface area contributed by atoms with Crippen LogP contribution in [0.1, 0.15) is 17.3 Å². The molecule has 0 radical (unpaired) electrons. The number of hydrogen-bond donors (Lipinski definition) is 1. The number of para-hydroxylation sites is 1. The number of Topliss-reactive ketones (excluding diaryl/α,β-unsaturated/α-hetero) is 1. The zero-order valence-electron chi connectivity index (χ0n) is 9.38. The standard InChI is InChI=1S/C13H12N2O2/c1-8(13(14)17)12(16)10-6-9-4-2-3-5-11(9)15-7-10/h2-8H,1H3,(H2,14,17). The topological polar surface area (TPSA) is 73.1 Å². The number of amides is 1. The van der Waals surface area contributed by atoms with Gasteiger partial charge in [0.25, 0.3) is 0 Å². The van der Waals surface area contributed by atoms with E-state index < -0.39 is 11.8 Å². The van der Waals surface area contributed by atoms with Crippen LogP contribution < -0.4 is 5.73 Å². The second-order valence-corrected chi connectivity index (χ2v) is 3.91. The van der Waals surface area contributed by atoms with Crippen LogP contribution in [0.5, 0.6) is 0 Å². The van der Waals surface area contributed by atoms with E-state index in [0.29, 0.717) is 5.56 Å². The van der Waals surface area contributed by atoms with Gasteiger partial charge in [0, 0.05) is 17.1 Å². The molecular formula is C13H12N2O2. The lowest BCUT2D eigenvalue weighted by molar-refractivity contribution is -0.119. The van der Waals surface area contributed by atoms with Gasteiger partial charge in [-0.2, -0.15) is 0 Å². The number of carbonyl (C=O) groups is 2. The minimum Gasteiger partial charge on any atom is -0.369 e. The highest BCUT2D eigenvalue weighted by Gasteiger charge is 2.20. The minimum absolute atomic E-state index is 0.296. The third-order valence-electron chi connectivity index (χ3n) is 2.70. The number of nitrogens with two attached hydrogens (primary N) is 1. The van der Waals surface area contributed by atoms with Gasteiger partial charge in [0.1, 0.15) is 0 Å². The van der Waals surface area contributed by atoms with Crippen LogP contribution in [0.2, 0.25) is 0 Å². The summed E-state index contributed by atoms with van der Waals surface area (Å²) in [6.07, 6.45) is 1.48. The smallest absolute Gasteiger partial charge is 0.228 e. The second-order valence-electron chi connectivity index (χ2n) is 3.91. The quantitative estimate of drug-likeness (QED) is 0.639. The Bertz CT molecular complexity index is 593. The Morgan fingerprint density at radius 1 is 1.29 bits per heavy atom. The molecule has 2 N–H and O–H groups in total. The Morgan fingerprint density at radius 3 is 2.71 bits per heavy atom. The Morgan fingerprint density at radius 2 is 2.00 bits per heavy atom. The lowest BCUT2D eigenvalue weighted by Gasteiger charge is -2.06. The van der Waals surface area contributed by atoms with E-state index in [9.17, 15) is 9.59 Å². The zero-order chi connectivity index (χ0) is 12.4. The number of pyridine rings is 1. The predicted octanol–water partition coefficient (Wildman–Crippen LogP) is 1.54. The molecule has 86 valence electrons. The largest absolute Gasteiger partial charge is 0.369 e. The molecule has 1 amide bonds. The molecule has 1 heterocycles. The van der Waals surface area contributed by atoms with Crippen LogP contribution >= 0.6 is 0 Å². The molecule has 1 unspecified atom stereocenters. The first-order valence-electron chi connectivity index (χ1n) is 5.28. The van der Waals surface area contributed by atoms with Crippen molar-refractivity contribution in [2.24, 2.45) is 11.7 Å². The van der Waals surface area contributed by atoms with Crippen LogP contribution in [0.15, 0.2) is 36.5 Å². The summed E-state index contributed by atoms with van der Waals surface area (Å²) in [7, 11) is 0. The molecule has 1 atom stereocenters. The van der Waals surface area contributed by atoms with Gasteiger partial charge in [0.2, 0.25) is 5.91 Å². The van der Waals surface area contributed by atoms with Crippen molar-refractivity contribution >= 4 is 22.6 Å². The fraction of sp³-hybridized carbons (Fsp3) is 0.154. The average Bonchev–Trinajstić information content (AvgIpc) is 2.36. The van der Waals surface area contributed by atoms with Gasteiger partial charge in [0.05, 0.1) is 11.4 Å². The van der Waals surface area contributed by atoms with Gasteiger partial charge in [-0.3, -0.25) is 14.6 Å². The molecule has 0 aliphatic heterocycles. The van der Waals surface area contributed by atoms with Crippen LogP contribution in [0, 0.1) is 5.92 Å². The Hall–Kier alpha value is -2.23. The number of ketones is 1. The third kappa shape index (κ3) is 2.15. The minimum atomic E-state index is -0.821. The molecule has 0 fully saturated rings. The van der Waals surface area contributed by atoms with Gasteiger partial charge in [-0.25, -0.2) is 0 Å². The monoisotopic (exact) mass is 228 g/mol. The predicted molar refractivity (Wildman–Crippen MR) is 64.4 cm³/mol. The Balaban J connectivity index is 2.43. The number of hydrogen-bond acceptors (Lipinski definition) is 3. The summed E-state index contributed by atoms with van der Waals surface area (Å²) in [6.45, 7) is 1.50. The first kappa shape index (κ1) is 11.3. The molecule has 0 spiro atoms. The van der Waals surface area contributed by atoms with Crippen molar-refractivity contribution < 1.29 is 9.59 Å². The van der Waals surface area contributed by atoms with Crippen LogP contribution in [0.3, 0.4) is 0 Å². The number of benzene rings is 1. The molecule has 0 saturated heterocycles. The van der Waals surface area contributed by atoms with E-state index in [2.05, 4.69) is 4.98 Å². The van der Waals surface area contributed by atoms with Gasteiger partial charge in [0.15, 0.2) is 5.78 Å². The Labute approximate surface area is 98.5 Å². The van der Waals surface area contributed by atoms with Crippen molar-refractivity contribution in [1.29, 1.82) is 0 Å². The number of nitrogens with zero attached hydrogens (tertiary/aromatic N) is 1. The van der Waals surface area contributed by atoms with Crippen molar-refractivity contribution in [3.05, 3.63) is 42.1 Å². The van der Waals surface area contributed by atoms with E-state index in [4.69, 9.17) is 5.73 Å². The maximum absolute atomic E-state index is 11.9. The second kappa shape index (κ2) is 4.33. The van der Waals surface area contributed by atoms with E-state index in [-0.39, 0.29) is 5.78 Å². The van der Waals surface area contributed by atoms with Crippen molar-refractivity contribution in [2.75, 3.05) is 0 Å². The first-order chi connectivity index (χ1) is 8.09. The van der Waals surface area contributed by atoms with Crippen LogP contribution in [-0.4, -0.2) is 16.7 Å². The van der Waals surface area contributed by atoms with Gasteiger partial charge in [-0.05, 0) is 19.1 Å². The third-order valence-corrected chi connectivity index (χ3v) is 2.70. The summed E-state index contributed by atoms with van der Waals surface area (Å²) < 4.78 is 0. The van der Waals surface area contributed by atoms with E-state index >= 15 is 0 Å². The van der Waals surface area contributed by atoms with Crippen LogP contribution in [0.25, 0.3) is 10.9 Å². The van der Waals surface area contributed by atoms with E-state index in [1.165, 1.54) is 13.1 Å².